The van der Waals surface area contributed by atoms with Crippen LogP contribution in [-0.4, -0.2) is 67.0 Å². The molecule has 1 aliphatic rings. The van der Waals surface area contributed by atoms with Gasteiger partial charge in [0.1, 0.15) is 17.2 Å². The smallest absolute Gasteiger partial charge is 0.264 e. The number of morpholine rings is 1. The SMILES string of the molecule is COc1ccc(NC(=O)CN(c2ccc(C(C)C)cc2)S(=O)(=O)c2ccc(C)cc2)cc1S(=O)(=O)N1CCOCC1. The highest BCUT2D eigenvalue weighted by atomic mass is 32.2. The molecule has 10 nitrogen and oxygen atoms in total. The fourth-order valence-corrected chi connectivity index (χ4v) is 7.40. The van der Waals surface area contributed by atoms with E-state index in [1.54, 1.807) is 24.3 Å². The largest absolute Gasteiger partial charge is 0.495 e. The lowest BCUT2D eigenvalue weighted by Crippen LogP contribution is -2.40. The van der Waals surface area contributed by atoms with Gasteiger partial charge in [-0.25, -0.2) is 16.8 Å². The van der Waals surface area contributed by atoms with Gasteiger partial charge in [0.2, 0.25) is 15.9 Å². The van der Waals surface area contributed by atoms with Crippen LogP contribution in [0.1, 0.15) is 30.9 Å². The van der Waals surface area contributed by atoms with Gasteiger partial charge in [-0.05, 0) is 60.9 Å². The second-order valence-corrected chi connectivity index (χ2v) is 13.8. The quantitative estimate of drug-likeness (QED) is 0.373. The number of methoxy groups -OCH3 is 1. The minimum atomic E-state index is -4.11. The number of ether oxygens (including phenoxy) is 2. The van der Waals surface area contributed by atoms with E-state index < -0.39 is 32.5 Å². The maximum atomic E-state index is 13.7. The Balaban J connectivity index is 1.64. The highest BCUT2D eigenvalue weighted by Crippen LogP contribution is 2.31. The number of nitrogens with zero attached hydrogens (tertiary/aromatic N) is 2. The summed E-state index contributed by atoms with van der Waals surface area (Å²) in [5.41, 5.74) is 2.44. The number of rotatable bonds is 10. The van der Waals surface area contributed by atoms with Crippen LogP contribution in [0.3, 0.4) is 0 Å². The number of carbonyl (C=O) groups excluding carboxylic acids is 1. The molecule has 1 N–H and O–H groups in total. The van der Waals surface area contributed by atoms with Gasteiger partial charge in [0.15, 0.2) is 0 Å². The molecule has 1 aliphatic heterocycles. The predicted molar refractivity (Wildman–Crippen MR) is 157 cm³/mol. The zero-order valence-electron chi connectivity index (χ0n) is 23.5. The normalized spacial score (nSPS) is 14.6. The molecule has 1 amide bonds. The maximum absolute atomic E-state index is 13.7. The Bertz CT molecular complexity index is 1580. The van der Waals surface area contributed by atoms with Crippen molar-refractivity contribution in [2.45, 2.75) is 36.5 Å². The van der Waals surface area contributed by atoms with Gasteiger partial charge in [-0.15, -0.1) is 0 Å². The van der Waals surface area contributed by atoms with Crippen molar-refractivity contribution in [3.63, 3.8) is 0 Å². The van der Waals surface area contributed by atoms with Crippen LogP contribution in [-0.2, 0) is 29.6 Å². The molecule has 0 unspecified atom stereocenters. The van der Waals surface area contributed by atoms with Crippen LogP contribution in [0, 0.1) is 6.92 Å². The number of nitrogens with one attached hydrogen (secondary N) is 1. The number of anilines is 2. The van der Waals surface area contributed by atoms with Crippen molar-refractivity contribution in [1.82, 2.24) is 4.31 Å². The average Bonchev–Trinajstić information content (AvgIpc) is 2.96. The van der Waals surface area contributed by atoms with Crippen molar-refractivity contribution in [2.75, 3.05) is 49.6 Å². The Morgan fingerprint density at radius 3 is 2.20 bits per heavy atom. The minimum Gasteiger partial charge on any atom is -0.495 e. The second-order valence-electron chi connectivity index (χ2n) is 10.0. The van der Waals surface area contributed by atoms with Crippen LogP contribution in [0.25, 0.3) is 0 Å². The molecular weight excluding hydrogens is 566 g/mol. The fourth-order valence-electron chi connectivity index (χ4n) is 4.39. The van der Waals surface area contributed by atoms with E-state index in [2.05, 4.69) is 5.32 Å². The summed E-state index contributed by atoms with van der Waals surface area (Å²) in [5.74, 6) is -0.274. The Morgan fingerprint density at radius 1 is 0.976 bits per heavy atom. The van der Waals surface area contributed by atoms with Crippen LogP contribution in [0.15, 0.2) is 76.5 Å². The summed E-state index contributed by atoms with van der Waals surface area (Å²) in [5, 5.41) is 2.66. The summed E-state index contributed by atoms with van der Waals surface area (Å²) in [6.45, 7) is 6.34. The molecule has 0 saturated carbocycles. The van der Waals surface area contributed by atoms with E-state index in [0.717, 1.165) is 15.4 Å². The van der Waals surface area contributed by atoms with Gasteiger partial charge in [-0.3, -0.25) is 9.10 Å². The van der Waals surface area contributed by atoms with Crippen molar-refractivity contribution < 1.29 is 31.1 Å². The van der Waals surface area contributed by atoms with Gasteiger partial charge in [0.25, 0.3) is 10.0 Å². The Labute approximate surface area is 242 Å². The van der Waals surface area contributed by atoms with Crippen LogP contribution < -0.4 is 14.4 Å². The summed E-state index contributed by atoms with van der Waals surface area (Å²) >= 11 is 0. The van der Waals surface area contributed by atoms with Crippen molar-refractivity contribution in [1.29, 1.82) is 0 Å². The molecule has 0 aromatic heterocycles. The molecule has 1 heterocycles. The molecule has 12 heteroatoms. The van der Waals surface area contributed by atoms with E-state index in [0.29, 0.717) is 5.69 Å². The van der Waals surface area contributed by atoms with Crippen LogP contribution in [0.2, 0.25) is 0 Å². The van der Waals surface area contributed by atoms with Crippen molar-refractivity contribution in [3.8, 4) is 5.75 Å². The topological polar surface area (TPSA) is 122 Å². The lowest BCUT2D eigenvalue weighted by Gasteiger charge is -2.27. The van der Waals surface area contributed by atoms with Crippen molar-refractivity contribution in [3.05, 3.63) is 77.9 Å². The molecule has 3 aromatic rings. The van der Waals surface area contributed by atoms with Gasteiger partial charge in [-0.2, -0.15) is 4.31 Å². The Hall–Kier alpha value is -3.45. The van der Waals surface area contributed by atoms with Gasteiger partial charge >= 0.3 is 0 Å². The van der Waals surface area contributed by atoms with E-state index in [4.69, 9.17) is 9.47 Å². The number of carbonyl (C=O) groups is 1. The molecule has 0 radical (unpaired) electrons. The lowest BCUT2D eigenvalue weighted by atomic mass is 10.0. The Morgan fingerprint density at radius 2 is 1.61 bits per heavy atom. The third kappa shape index (κ3) is 6.89. The standard InChI is InChI=1S/C29H35N3O7S2/c1-21(2)23-7-10-25(11-8-23)32(40(34,35)26-12-5-22(3)6-13-26)20-29(33)30-24-9-14-27(38-4)28(19-24)41(36,37)31-15-17-39-18-16-31/h5-14,19,21H,15-18,20H2,1-4H3,(H,30,33). The summed E-state index contributed by atoms with van der Waals surface area (Å²) in [4.78, 5) is 13.2. The number of amides is 1. The molecule has 1 saturated heterocycles. The minimum absolute atomic E-state index is 0.0483. The number of sulfonamides is 2. The third-order valence-electron chi connectivity index (χ3n) is 6.78. The molecule has 3 aromatic carbocycles. The number of hydrogen-bond donors (Lipinski definition) is 1. The summed E-state index contributed by atoms with van der Waals surface area (Å²) in [6, 6.07) is 17.7. The van der Waals surface area contributed by atoms with Gasteiger partial charge in [0.05, 0.1) is 30.9 Å². The zero-order chi connectivity index (χ0) is 29.8. The van der Waals surface area contributed by atoms with Gasteiger partial charge in [0, 0.05) is 18.8 Å². The summed E-state index contributed by atoms with van der Waals surface area (Å²) < 4.78 is 67.1. The molecule has 0 aliphatic carbocycles. The molecule has 220 valence electrons. The molecular formula is C29H35N3O7S2. The highest BCUT2D eigenvalue weighted by molar-refractivity contribution is 7.92. The molecule has 1 fully saturated rings. The highest BCUT2D eigenvalue weighted by Gasteiger charge is 2.31. The zero-order valence-corrected chi connectivity index (χ0v) is 25.2. The molecule has 41 heavy (non-hydrogen) atoms. The summed E-state index contributed by atoms with van der Waals surface area (Å²) in [7, 11) is -6.68. The molecule has 0 atom stereocenters. The molecule has 4 rings (SSSR count). The first-order valence-corrected chi connectivity index (χ1v) is 16.1. The van der Waals surface area contributed by atoms with E-state index in [9.17, 15) is 21.6 Å². The van der Waals surface area contributed by atoms with Crippen molar-refractivity contribution in [2.24, 2.45) is 0 Å². The predicted octanol–water partition coefficient (Wildman–Crippen LogP) is 3.98. The van der Waals surface area contributed by atoms with E-state index in [1.165, 1.54) is 41.7 Å². The van der Waals surface area contributed by atoms with Gasteiger partial charge < -0.3 is 14.8 Å². The monoisotopic (exact) mass is 601 g/mol. The lowest BCUT2D eigenvalue weighted by molar-refractivity contribution is -0.114. The van der Waals surface area contributed by atoms with E-state index in [-0.39, 0.29) is 53.4 Å². The average molecular weight is 602 g/mol. The maximum Gasteiger partial charge on any atom is 0.264 e. The third-order valence-corrected chi connectivity index (χ3v) is 10.5. The van der Waals surface area contributed by atoms with Crippen LogP contribution in [0.4, 0.5) is 11.4 Å². The number of benzene rings is 3. The molecule has 0 bridgehead atoms. The molecule has 0 spiro atoms. The first-order valence-electron chi connectivity index (χ1n) is 13.2. The first kappa shape index (κ1) is 30.5. The van der Waals surface area contributed by atoms with Gasteiger partial charge in [-0.1, -0.05) is 43.7 Å². The van der Waals surface area contributed by atoms with E-state index >= 15 is 0 Å². The number of hydrogen-bond acceptors (Lipinski definition) is 7. The number of aryl methyl sites for hydroxylation is 1. The second kappa shape index (κ2) is 12.6. The van der Waals surface area contributed by atoms with Crippen LogP contribution in [0.5, 0.6) is 5.75 Å². The Kier molecular flexibility index (Phi) is 9.37. The van der Waals surface area contributed by atoms with Crippen LogP contribution >= 0.6 is 0 Å². The fraction of sp³-hybridized carbons (Fsp3) is 0.345. The van der Waals surface area contributed by atoms with Crippen molar-refractivity contribution >= 4 is 37.3 Å². The first-order chi connectivity index (χ1) is 19.4. The summed E-state index contributed by atoms with van der Waals surface area (Å²) in [6.07, 6.45) is 0. The van der Waals surface area contributed by atoms with E-state index in [1.807, 2.05) is 32.9 Å².